The van der Waals surface area contributed by atoms with Gasteiger partial charge in [0, 0.05) is 64.5 Å². The first-order chi connectivity index (χ1) is 63.8. The number of aromatic hydroxyl groups is 1. The molecule has 4 amide bonds. The molecule has 710 valence electrons. The number of hydrogen-bond acceptors (Lipinski definition) is 29. The van der Waals surface area contributed by atoms with Crippen LogP contribution in [0.25, 0.3) is 33.4 Å². The SMILES string of the molecule is CCC(C)(C)C(=O)C(=O)N1CCCC[C@H]1C(=O)O[C@H](CCc1ccc(OC)c(OC)c1)c1cccc(OCC(=O)NCCOCCOCCOCCOCCOCCn2cc(CNC(=O)Cc3ccc(N(CC(=O)O)CC(=O)O)c(OCCOc4cc(NC(=O)c5ccc(C(=O)O)c(-c6c7cc(Cl)c(=O)cc-7oc7cc(O)c(Cl)cc67)c5)ccc4N(CC(=O)O)CC(=O)O)c3)nn2)c1. The van der Waals surface area contributed by atoms with E-state index in [0.717, 1.165) is 33.6 Å². The van der Waals surface area contributed by atoms with Crippen LogP contribution >= 0.6 is 23.2 Å². The maximum absolute atomic E-state index is 14.3. The molecular formula is C92H103Cl2N9O30. The number of ketones is 1. The van der Waals surface area contributed by atoms with Gasteiger partial charge < -0.3 is 118 Å². The molecule has 9 N–H and O–H groups in total. The smallest absolute Gasteiger partial charge is 0.336 e. The number of aliphatic carboxylic acids is 4. The number of amides is 4. The van der Waals surface area contributed by atoms with Crippen molar-refractivity contribution in [3.05, 3.63) is 181 Å². The van der Waals surface area contributed by atoms with Crippen molar-refractivity contribution in [2.75, 3.05) is 154 Å². The molecule has 1 aromatic heterocycles. The van der Waals surface area contributed by atoms with Crippen LogP contribution in [0.3, 0.4) is 0 Å². The number of nitrogens with one attached hydrogen (secondary N) is 3. The molecule has 133 heavy (non-hydrogen) atoms. The third kappa shape index (κ3) is 29.7. The zero-order chi connectivity index (χ0) is 95.8. The second kappa shape index (κ2) is 49.5. The largest absolute Gasteiger partial charge is 0.506 e. The first kappa shape index (κ1) is 101. The zero-order valence-electron chi connectivity index (χ0n) is 73.5. The van der Waals surface area contributed by atoms with Gasteiger partial charge in [-0.2, -0.15) is 0 Å². The molecule has 39 nitrogen and oxygen atoms in total. The van der Waals surface area contributed by atoms with Crippen LogP contribution in [-0.2, 0) is 97.5 Å². The van der Waals surface area contributed by atoms with Gasteiger partial charge in [0.2, 0.25) is 17.1 Å². The number of carbonyl (C=O) groups is 11. The summed E-state index contributed by atoms with van der Waals surface area (Å²) in [6.07, 6.45) is 3.46. The van der Waals surface area contributed by atoms with Gasteiger partial charge in [0.05, 0.1) is 133 Å². The average Bonchev–Trinajstić information content (AvgIpc) is 0.838. The lowest BCUT2D eigenvalue weighted by Crippen LogP contribution is -2.53. The van der Waals surface area contributed by atoms with Gasteiger partial charge in [0.25, 0.3) is 17.7 Å². The van der Waals surface area contributed by atoms with Crippen molar-refractivity contribution in [1.29, 1.82) is 0 Å². The Morgan fingerprint density at radius 1 is 0.617 bits per heavy atom. The van der Waals surface area contributed by atoms with Crippen molar-refractivity contribution >= 4 is 116 Å². The molecule has 2 atom stereocenters. The molecular weight excluding hydrogens is 1780 g/mol. The number of ether oxygens (including phenoxy) is 11. The molecule has 0 saturated carbocycles. The van der Waals surface area contributed by atoms with Crippen LogP contribution in [0, 0.1) is 5.41 Å². The van der Waals surface area contributed by atoms with Gasteiger partial charge in [-0.15, -0.1) is 5.10 Å². The number of rotatable bonds is 55. The number of halogens is 2. The van der Waals surface area contributed by atoms with E-state index in [4.69, 9.17) is 79.7 Å². The highest BCUT2D eigenvalue weighted by molar-refractivity contribution is 6.38. The Morgan fingerprint density at radius 3 is 1.86 bits per heavy atom. The predicted octanol–water partition coefficient (Wildman–Crippen LogP) is 9.29. The number of likely N-dealkylation sites (tertiary alicyclic amines) is 1. The maximum Gasteiger partial charge on any atom is 0.336 e. The summed E-state index contributed by atoms with van der Waals surface area (Å²) < 4.78 is 70.9. The molecule has 41 heteroatoms. The third-order valence-electron chi connectivity index (χ3n) is 21.1. The minimum atomic E-state index is -1.43. The number of carboxylic acid groups (broad SMARTS) is 5. The van der Waals surface area contributed by atoms with Crippen molar-refractivity contribution < 1.29 is 140 Å². The molecule has 0 unspecified atom stereocenters. The summed E-state index contributed by atoms with van der Waals surface area (Å²) in [6.45, 7) is 4.27. The Labute approximate surface area is 772 Å². The Morgan fingerprint density at radius 2 is 1.23 bits per heavy atom. The molecule has 10 rings (SSSR count). The number of phenolic OH excluding ortho intramolecular Hbond substituents is 1. The van der Waals surface area contributed by atoms with Crippen LogP contribution in [0.1, 0.15) is 102 Å². The first-order valence-corrected chi connectivity index (χ1v) is 43.0. The number of hydrogen-bond donors (Lipinski definition) is 9. The van der Waals surface area contributed by atoms with Crippen molar-refractivity contribution in [3.63, 3.8) is 0 Å². The van der Waals surface area contributed by atoms with Gasteiger partial charge in [0.15, 0.2) is 18.1 Å². The number of Topliss-reactive ketones (excluding diaryl/α,β-unsaturated/α-hetero) is 1. The van der Waals surface area contributed by atoms with E-state index >= 15 is 0 Å². The van der Waals surface area contributed by atoms with Crippen LogP contribution in [0.2, 0.25) is 10.0 Å². The Balaban J connectivity index is 0.625. The van der Waals surface area contributed by atoms with Crippen LogP contribution in [0.5, 0.6) is 34.5 Å². The number of carbonyl (C=O) groups excluding carboxylic acids is 6. The van der Waals surface area contributed by atoms with E-state index in [-0.39, 0.29) is 155 Å². The highest BCUT2D eigenvalue weighted by Crippen LogP contribution is 2.46. The number of methoxy groups -OCH3 is 2. The summed E-state index contributed by atoms with van der Waals surface area (Å²) in [5.41, 5.74) is 0.228. The van der Waals surface area contributed by atoms with E-state index < -0.39 is 133 Å². The van der Waals surface area contributed by atoms with E-state index in [2.05, 4.69) is 26.3 Å². The van der Waals surface area contributed by atoms with E-state index in [1.807, 2.05) is 19.1 Å². The average molecular weight is 1890 g/mol. The molecule has 1 saturated heterocycles. The van der Waals surface area contributed by atoms with Crippen molar-refractivity contribution in [1.82, 2.24) is 30.5 Å². The number of benzene rings is 7. The lowest BCUT2D eigenvalue weighted by molar-refractivity contribution is -0.164. The fraction of sp³-hybridized carbons (Fsp3) is 0.391. The van der Waals surface area contributed by atoms with Crippen LogP contribution < -0.4 is 54.9 Å². The number of carboxylic acids is 5. The molecule has 3 heterocycles. The van der Waals surface area contributed by atoms with Crippen molar-refractivity contribution in [2.24, 2.45) is 5.41 Å². The highest BCUT2D eigenvalue weighted by Gasteiger charge is 2.42. The summed E-state index contributed by atoms with van der Waals surface area (Å²) >= 11 is 12.7. The molecule has 0 spiro atoms. The molecule has 7 aromatic rings. The number of anilines is 3. The van der Waals surface area contributed by atoms with Gasteiger partial charge in [-0.1, -0.05) is 73.5 Å². The fourth-order valence-corrected chi connectivity index (χ4v) is 14.4. The summed E-state index contributed by atoms with van der Waals surface area (Å²) in [5, 5.41) is 76.5. The Bertz CT molecular complexity index is 5640. The summed E-state index contributed by atoms with van der Waals surface area (Å²) in [4.78, 5) is 159. The number of phenols is 1. The fourth-order valence-electron chi connectivity index (χ4n) is 14.1. The summed E-state index contributed by atoms with van der Waals surface area (Å²) in [7, 11) is 3.09. The topological polar surface area (TPSA) is 517 Å². The molecule has 0 radical (unpaired) electrons. The number of nitrogens with zero attached hydrogens (tertiary/aromatic N) is 6. The summed E-state index contributed by atoms with van der Waals surface area (Å²) in [5.74, 6) is -10.0. The van der Waals surface area contributed by atoms with E-state index in [1.54, 1.807) is 64.6 Å². The van der Waals surface area contributed by atoms with Crippen LogP contribution in [0.4, 0.5) is 17.1 Å². The number of esters is 1. The molecule has 1 aliphatic carbocycles. The third-order valence-corrected chi connectivity index (χ3v) is 21.7. The minimum absolute atomic E-state index is 0.0174. The molecule has 0 bridgehead atoms. The van der Waals surface area contributed by atoms with E-state index in [9.17, 15) is 88.2 Å². The standard InChI is InChI=1S/C92H103Cl2N9O30/c1-6-92(2,3)87(116)89(118)103-24-8-7-12-70(103)91(121)133-73(21-14-55-15-22-74(122-4)79(38-55)123-5)57-10-9-11-61(41-57)131-54-81(107)95-23-26-124-28-30-126-32-34-128-35-33-127-31-29-125-27-25-102-49-60(98-99-102)48-96-80(106)40-56-13-19-68(100(50-82(108)109)51-83(110)111)77(39-56)129-36-37-130-78-43-59(17-20-69(78)101(52-84(112)113)53-85(114)115)97-88(117)58-16-18-62(90(119)120)63(42-58)86-64-44-66(93)71(104)46-75(64)132-76-47-72(105)67(94)45-65(76)86/h9-11,13,15-20,22,38-39,41-47,49,70,73,104H,6-8,12,14,21,23-37,40,48,50-54H2,1-5H3,(H,95,107)(H,96,106)(H,97,117)(H,108,109)(H,110,111)(H,112,113)(H,114,115)(H,119,120)/t70-,73+/m0/s1. The number of fused-ring (bicyclic) bond motifs is 2. The first-order valence-electron chi connectivity index (χ1n) is 42.3. The Kier molecular flexibility index (Phi) is 37.8. The zero-order valence-corrected chi connectivity index (χ0v) is 75.0. The second-order valence-electron chi connectivity index (χ2n) is 31.0. The van der Waals surface area contributed by atoms with E-state index in [1.165, 1.54) is 70.2 Å². The number of aryl methyl sites for hydroxylation is 1. The summed E-state index contributed by atoms with van der Waals surface area (Å²) in [6, 6.07) is 27.9. The predicted molar refractivity (Wildman–Crippen MR) is 480 cm³/mol. The lowest BCUT2D eigenvalue weighted by atomic mass is 9.84. The number of piperidine rings is 1. The van der Waals surface area contributed by atoms with Crippen molar-refractivity contribution in [3.8, 4) is 56.9 Å². The molecule has 3 aliphatic rings. The van der Waals surface area contributed by atoms with Crippen LogP contribution in [0.15, 0.2) is 137 Å². The highest BCUT2D eigenvalue weighted by atomic mass is 35.5. The van der Waals surface area contributed by atoms with E-state index in [0.29, 0.717) is 106 Å². The molecule has 6 aromatic carbocycles. The molecule has 1 fully saturated rings. The van der Waals surface area contributed by atoms with Crippen molar-refractivity contribution in [2.45, 2.75) is 91.0 Å². The number of aromatic carboxylic acids is 1. The van der Waals surface area contributed by atoms with Gasteiger partial charge in [-0.3, -0.25) is 47.9 Å². The normalized spacial score (nSPS) is 12.7. The Hall–Kier alpha value is -13.7. The second-order valence-corrected chi connectivity index (χ2v) is 31.8. The number of aromatic nitrogens is 3. The van der Waals surface area contributed by atoms with Crippen LogP contribution in [-0.4, -0.2) is 261 Å². The van der Waals surface area contributed by atoms with Gasteiger partial charge in [-0.05, 0) is 140 Å². The maximum atomic E-state index is 14.3. The molecule has 2 aliphatic heterocycles. The monoisotopic (exact) mass is 1880 g/mol. The van der Waals surface area contributed by atoms with Gasteiger partial charge >= 0.3 is 35.8 Å². The lowest BCUT2D eigenvalue weighted by Gasteiger charge is -2.36. The van der Waals surface area contributed by atoms with Gasteiger partial charge in [-0.25, -0.2) is 14.3 Å². The quantitative estimate of drug-likeness (QED) is 0.00741. The van der Waals surface area contributed by atoms with Gasteiger partial charge in [0.1, 0.15) is 91.6 Å². The minimum Gasteiger partial charge on any atom is -0.506 e.